The van der Waals surface area contributed by atoms with E-state index in [0.29, 0.717) is 28.0 Å². The van der Waals surface area contributed by atoms with Gasteiger partial charge in [0.15, 0.2) is 17.4 Å². The molecule has 1 aromatic heterocycles. The van der Waals surface area contributed by atoms with Gasteiger partial charge in [-0.3, -0.25) is 4.79 Å². The number of carbonyl (C=O) groups is 1. The van der Waals surface area contributed by atoms with Crippen LogP contribution in [0.2, 0.25) is 5.02 Å². The first-order valence-electron chi connectivity index (χ1n) is 3.18. The lowest BCUT2D eigenvalue weighted by Crippen LogP contribution is -1.80. The third-order valence-electron chi connectivity index (χ3n) is 1.51. The number of fused-ring (bicyclic) bond motifs is 1. The molecule has 2 rings (SSSR count). The van der Waals surface area contributed by atoms with E-state index in [0.717, 1.165) is 0 Å². The zero-order valence-corrected chi connectivity index (χ0v) is 6.58. The third-order valence-corrected chi connectivity index (χ3v) is 1.82. The van der Waals surface area contributed by atoms with Crippen molar-refractivity contribution in [2.75, 3.05) is 0 Å². The van der Waals surface area contributed by atoms with E-state index in [2.05, 4.69) is 10.4 Å². The van der Waals surface area contributed by atoms with E-state index in [9.17, 15) is 4.79 Å². The summed E-state index contributed by atoms with van der Waals surface area (Å²) in [5, 5.41) is 7.35. The Kier molecular flexibility index (Phi) is 1.55. The predicted octanol–water partition coefficient (Wildman–Crippen LogP) is 1.69. The number of hydrogen-bond donors (Lipinski definition) is 0. The molecule has 0 saturated heterocycles. The molecule has 0 atom stereocenters. The molecule has 0 aliphatic rings. The lowest BCUT2D eigenvalue weighted by molar-refractivity contribution is 0.112. The summed E-state index contributed by atoms with van der Waals surface area (Å²) in [6.07, 6.45) is 0.672. The molecular formula is C7H3ClN2O2. The van der Waals surface area contributed by atoms with Crippen LogP contribution in [0.3, 0.4) is 0 Å². The molecule has 5 heteroatoms. The normalized spacial score (nSPS) is 10.4. The van der Waals surface area contributed by atoms with Gasteiger partial charge in [0.25, 0.3) is 0 Å². The van der Waals surface area contributed by atoms with Gasteiger partial charge in [-0.05, 0) is 12.1 Å². The summed E-state index contributed by atoms with van der Waals surface area (Å²) < 4.78 is 4.74. The summed E-state index contributed by atoms with van der Waals surface area (Å²) in [5.41, 5.74) is 1.15. The van der Waals surface area contributed by atoms with Crippen LogP contribution in [0, 0.1) is 0 Å². The molecule has 0 fully saturated rings. The number of aldehydes is 1. The summed E-state index contributed by atoms with van der Waals surface area (Å²) in [5.74, 6) is 0. The van der Waals surface area contributed by atoms with Gasteiger partial charge >= 0.3 is 0 Å². The molecule has 0 N–H and O–H groups in total. The number of nitrogens with zero attached hydrogens (tertiary/aromatic N) is 2. The van der Waals surface area contributed by atoms with Crippen molar-refractivity contribution in [3.63, 3.8) is 0 Å². The second-order valence-corrected chi connectivity index (χ2v) is 2.61. The number of rotatable bonds is 1. The van der Waals surface area contributed by atoms with Gasteiger partial charge in [0.05, 0.1) is 10.6 Å². The summed E-state index contributed by atoms with van der Waals surface area (Å²) in [4.78, 5) is 10.5. The molecule has 0 spiro atoms. The highest BCUT2D eigenvalue weighted by Gasteiger charge is 2.09. The molecule has 0 saturated carbocycles. The van der Waals surface area contributed by atoms with Crippen molar-refractivity contribution in [1.29, 1.82) is 0 Å². The van der Waals surface area contributed by atoms with Gasteiger partial charge in [-0.1, -0.05) is 11.6 Å². The Morgan fingerprint density at radius 2 is 2.33 bits per heavy atom. The fraction of sp³-hybridized carbons (Fsp3) is 0. The lowest BCUT2D eigenvalue weighted by atomic mass is 10.2. The van der Waals surface area contributed by atoms with Crippen LogP contribution in [0.15, 0.2) is 16.7 Å². The first-order chi connectivity index (χ1) is 5.83. The number of halogens is 1. The van der Waals surface area contributed by atoms with E-state index in [1.807, 2.05) is 0 Å². The van der Waals surface area contributed by atoms with Gasteiger partial charge < -0.3 is 4.52 Å². The first-order valence-corrected chi connectivity index (χ1v) is 3.56. The Hall–Kier alpha value is -1.42. The Morgan fingerprint density at radius 1 is 1.50 bits per heavy atom. The van der Waals surface area contributed by atoms with Gasteiger partial charge in [0.1, 0.15) is 0 Å². The highest BCUT2D eigenvalue weighted by molar-refractivity contribution is 6.35. The predicted molar refractivity (Wildman–Crippen MR) is 42.2 cm³/mol. The van der Waals surface area contributed by atoms with Gasteiger partial charge in [-0.15, -0.1) is 5.10 Å². The van der Waals surface area contributed by atoms with Gasteiger partial charge in [-0.25, -0.2) is 0 Å². The molecule has 60 valence electrons. The van der Waals surface area contributed by atoms with Gasteiger partial charge in [0, 0.05) is 5.27 Å². The molecule has 0 amide bonds. The highest BCUT2D eigenvalue weighted by Crippen LogP contribution is 2.22. The average Bonchev–Trinajstić information content (AvgIpc) is 2.54. The van der Waals surface area contributed by atoms with Crippen LogP contribution < -0.4 is 0 Å². The minimum absolute atomic E-state index is 0.331. The van der Waals surface area contributed by atoms with Gasteiger partial charge in [-0.2, -0.15) is 0 Å². The Morgan fingerprint density at radius 3 is 3.08 bits per heavy atom. The third kappa shape index (κ3) is 0.887. The first kappa shape index (κ1) is 7.24. The maximum atomic E-state index is 10.5. The molecule has 0 aliphatic carbocycles. The van der Waals surface area contributed by atoms with E-state index in [4.69, 9.17) is 16.1 Å². The van der Waals surface area contributed by atoms with E-state index in [-0.39, 0.29) is 0 Å². The zero-order chi connectivity index (χ0) is 8.55. The molecule has 12 heavy (non-hydrogen) atoms. The second kappa shape index (κ2) is 2.57. The molecular weight excluding hydrogens is 180 g/mol. The largest absolute Gasteiger partial charge is 0.336 e. The minimum atomic E-state index is 0.331. The Balaban J connectivity index is 2.91. The quantitative estimate of drug-likeness (QED) is 0.630. The summed E-state index contributed by atoms with van der Waals surface area (Å²) in [6.45, 7) is 0. The summed E-state index contributed by atoms with van der Waals surface area (Å²) in [7, 11) is 0. The standard InChI is InChI=1S/C7H3ClN2O2/c8-5-2-1-4(3-11)7-6(5)9-10-12-7/h1-3H. The average molecular weight is 183 g/mol. The van der Waals surface area contributed by atoms with E-state index < -0.39 is 0 Å². The smallest absolute Gasteiger partial charge is 0.199 e. The number of aromatic nitrogens is 2. The molecule has 2 aromatic rings. The molecule has 1 heterocycles. The van der Waals surface area contributed by atoms with Crippen molar-refractivity contribution in [3.05, 3.63) is 22.7 Å². The number of benzene rings is 1. The van der Waals surface area contributed by atoms with E-state index in [1.54, 1.807) is 12.1 Å². The zero-order valence-electron chi connectivity index (χ0n) is 5.82. The van der Waals surface area contributed by atoms with Gasteiger partial charge in [0.2, 0.25) is 0 Å². The van der Waals surface area contributed by atoms with Crippen LogP contribution in [-0.4, -0.2) is 16.7 Å². The van der Waals surface area contributed by atoms with Crippen LogP contribution >= 0.6 is 11.6 Å². The van der Waals surface area contributed by atoms with Crippen LogP contribution in [-0.2, 0) is 0 Å². The number of carbonyl (C=O) groups excluding carboxylic acids is 1. The topological polar surface area (TPSA) is 56.0 Å². The van der Waals surface area contributed by atoms with E-state index in [1.165, 1.54) is 0 Å². The maximum Gasteiger partial charge on any atom is 0.199 e. The summed E-state index contributed by atoms with van der Waals surface area (Å²) >= 11 is 5.75. The van der Waals surface area contributed by atoms with Crippen molar-refractivity contribution in [2.24, 2.45) is 0 Å². The molecule has 0 bridgehead atoms. The van der Waals surface area contributed by atoms with Crippen LogP contribution in [0.5, 0.6) is 0 Å². The minimum Gasteiger partial charge on any atom is -0.336 e. The Labute approximate surface area is 72.1 Å². The van der Waals surface area contributed by atoms with Crippen molar-refractivity contribution in [3.8, 4) is 0 Å². The van der Waals surface area contributed by atoms with Crippen LogP contribution in [0.4, 0.5) is 0 Å². The van der Waals surface area contributed by atoms with E-state index >= 15 is 0 Å². The molecule has 0 radical (unpaired) electrons. The molecule has 0 aliphatic heterocycles. The van der Waals surface area contributed by atoms with Crippen molar-refractivity contribution in [1.82, 2.24) is 10.4 Å². The maximum absolute atomic E-state index is 10.5. The van der Waals surface area contributed by atoms with Crippen molar-refractivity contribution >= 4 is 29.0 Å². The monoisotopic (exact) mass is 182 g/mol. The number of hydrogen-bond acceptors (Lipinski definition) is 4. The van der Waals surface area contributed by atoms with Crippen LogP contribution in [0.25, 0.3) is 11.1 Å². The molecule has 4 nitrogen and oxygen atoms in total. The fourth-order valence-electron chi connectivity index (χ4n) is 0.947. The SMILES string of the molecule is O=Cc1ccc(Cl)c2nnoc12. The fourth-order valence-corrected chi connectivity index (χ4v) is 1.13. The summed E-state index contributed by atoms with van der Waals surface area (Å²) in [6, 6.07) is 3.14. The Bertz CT molecular complexity index is 438. The van der Waals surface area contributed by atoms with Crippen LogP contribution in [0.1, 0.15) is 10.4 Å². The van der Waals surface area contributed by atoms with Crippen molar-refractivity contribution in [2.45, 2.75) is 0 Å². The molecule has 0 unspecified atom stereocenters. The lowest BCUT2D eigenvalue weighted by Gasteiger charge is -1.90. The second-order valence-electron chi connectivity index (χ2n) is 2.21. The molecule has 1 aromatic carbocycles. The van der Waals surface area contributed by atoms with Crippen molar-refractivity contribution < 1.29 is 9.32 Å². The highest BCUT2D eigenvalue weighted by atomic mass is 35.5.